The van der Waals surface area contributed by atoms with Crippen molar-refractivity contribution < 1.29 is 34.1 Å². The van der Waals surface area contributed by atoms with Crippen LogP contribution in [-0.4, -0.2) is 42.6 Å². The van der Waals surface area contributed by atoms with E-state index in [1.807, 2.05) is 19.1 Å². The van der Waals surface area contributed by atoms with Gasteiger partial charge >= 0.3 is 6.09 Å². The summed E-state index contributed by atoms with van der Waals surface area (Å²) >= 11 is 0. The van der Waals surface area contributed by atoms with Crippen LogP contribution in [0.2, 0.25) is 0 Å². The average Bonchev–Trinajstić information content (AvgIpc) is 2.84. The standard InChI is InChI=1S/C24H30N2O7/c1-17(5-3-4-6-22(28)26-30)23(18-7-11-21(12-8-18)32-16-15-27)33-24(29)25-19-9-13-20(31-2)14-10-19/h4,6-14,17,23,27,30H,3,5,15-16H2,1-2H3,(H,25,29)(H,26,28)/b6-4+/t17-,23+/m0/s1. The number of rotatable bonds is 12. The van der Waals surface area contributed by atoms with Crippen LogP contribution < -0.4 is 20.3 Å². The fourth-order valence-corrected chi connectivity index (χ4v) is 3.11. The second kappa shape index (κ2) is 13.8. The SMILES string of the molecule is COc1ccc(NC(=O)O[C@@H](c2ccc(OCCO)cc2)[C@@H](C)CC/C=C/C(=O)NO)cc1. The molecule has 2 aromatic rings. The number of aliphatic hydroxyl groups is 1. The molecule has 2 rings (SSSR count). The number of carbonyl (C=O) groups excluding carboxylic acids is 2. The zero-order valence-electron chi connectivity index (χ0n) is 18.7. The molecule has 0 heterocycles. The van der Waals surface area contributed by atoms with Gasteiger partial charge in [0.25, 0.3) is 5.91 Å². The zero-order valence-corrected chi connectivity index (χ0v) is 18.7. The maximum absolute atomic E-state index is 12.6. The molecule has 0 aromatic heterocycles. The Bertz CT molecular complexity index is 898. The first-order chi connectivity index (χ1) is 16.0. The molecule has 2 aromatic carbocycles. The largest absolute Gasteiger partial charge is 0.497 e. The molecule has 0 saturated heterocycles. The van der Waals surface area contributed by atoms with Gasteiger partial charge in [0.15, 0.2) is 0 Å². The molecular formula is C24H30N2O7. The number of hydrogen-bond donors (Lipinski definition) is 4. The smallest absolute Gasteiger partial charge is 0.412 e. The minimum atomic E-state index is -0.604. The minimum Gasteiger partial charge on any atom is -0.497 e. The summed E-state index contributed by atoms with van der Waals surface area (Å²) in [6.45, 7) is 2.05. The number of hydrogen-bond acceptors (Lipinski definition) is 7. The van der Waals surface area contributed by atoms with Gasteiger partial charge in [-0.15, -0.1) is 0 Å². The number of amides is 2. The van der Waals surface area contributed by atoms with Gasteiger partial charge in [0, 0.05) is 11.8 Å². The van der Waals surface area contributed by atoms with Gasteiger partial charge in [-0.25, -0.2) is 10.3 Å². The minimum absolute atomic E-state index is 0.0854. The summed E-state index contributed by atoms with van der Waals surface area (Å²) in [7, 11) is 1.56. The molecule has 0 aliphatic carbocycles. The van der Waals surface area contributed by atoms with Crippen LogP contribution in [-0.2, 0) is 9.53 Å². The van der Waals surface area contributed by atoms with Crippen LogP contribution in [0.4, 0.5) is 10.5 Å². The lowest BCUT2D eigenvalue weighted by atomic mass is 9.93. The van der Waals surface area contributed by atoms with E-state index in [-0.39, 0.29) is 19.1 Å². The first-order valence-electron chi connectivity index (χ1n) is 10.5. The Balaban J connectivity index is 2.10. The van der Waals surface area contributed by atoms with E-state index in [9.17, 15) is 9.59 Å². The summed E-state index contributed by atoms with van der Waals surface area (Å²) in [5.41, 5.74) is 2.89. The molecule has 0 saturated carbocycles. The lowest BCUT2D eigenvalue weighted by molar-refractivity contribution is -0.124. The second-order valence-corrected chi connectivity index (χ2v) is 7.25. The molecule has 0 unspecified atom stereocenters. The van der Waals surface area contributed by atoms with E-state index in [0.29, 0.717) is 30.0 Å². The highest BCUT2D eigenvalue weighted by Gasteiger charge is 2.23. The van der Waals surface area contributed by atoms with Gasteiger partial charge in [0.05, 0.1) is 13.7 Å². The van der Waals surface area contributed by atoms with Gasteiger partial charge in [-0.2, -0.15) is 0 Å². The van der Waals surface area contributed by atoms with Crippen molar-refractivity contribution in [2.75, 3.05) is 25.6 Å². The summed E-state index contributed by atoms with van der Waals surface area (Å²) in [4.78, 5) is 23.7. The Labute approximate surface area is 192 Å². The maximum atomic E-state index is 12.6. The number of carbonyl (C=O) groups is 2. The van der Waals surface area contributed by atoms with E-state index >= 15 is 0 Å². The molecule has 33 heavy (non-hydrogen) atoms. The van der Waals surface area contributed by atoms with Crippen molar-refractivity contribution in [2.45, 2.75) is 25.9 Å². The number of aliphatic hydroxyl groups excluding tert-OH is 1. The molecule has 0 spiro atoms. The average molecular weight is 459 g/mol. The van der Waals surface area contributed by atoms with E-state index in [1.165, 1.54) is 11.6 Å². The Kier molecular flexibility index (Phi) is 10.7. The van der Waals surface area contributed by atoms with Crippen LogP contribution in [0.3, 0.4) is 0 Å². The van der Waals surface area contributed by atoms with Gasteiger partial charge in [-0.3, -0.25) is 15.3 Å². The molecule has 9 nitrogen and oxygen atoms in total. The highest BCUT2D eigenvalue weighted by atomic mass is 16.6. The second-order valence-electron chi connectivity index (χ2n) is 7.25. The molecule has 0 radical (unpaired) electrons. The predicted molar refractivity (Wildman–Crippen MR) is 122 cm³/mol. The quantitative estimate of drug-likeness (QED) is 0.216. The normalized spacial score (nSPS) is 12.6. The first kappa shape index (κ1) is 25.7. The predicted octanol–water partition coefficient (Wildman–Crippen LogP) is 3.83. The Hall–Kier alpha value is -3.56. The van der Waals surface area contributed by atoms with Gasteiger partial charge in [-0.1, -0.05) is 25.1 Å². The van der Waals surface area contributed by atoms with E-state index in [1.54, 1.807) is 49.6 Å². The highest BCUT2D eigenvalue weighted by Crippen LogP contribution is 2.31. The third-order valence-corrected chi connectivity index (χ3v) is 4.82. The van der Waals surface area contributed by atoms with Crippen molar-refractivity contribution in [1.82, 2.24) is 5.48 Å². The molecule has 2 amide bonds. The lowest BCUT2D eigenvalue weighted by Crippen LogP contribution is -2.22. The Morgan fingerprint density at radius 2 is 1.73 bits per heavy atom. The fourth-order valence-electron chi connectivity index (χ4n) is 3.11. The van der Waals surface area contributed by atoms with E-state index in [4.69, 9.17) is 24.5 Å². The van der Waals surface area contributed by atoms with E-state index < -0.39 is 18.1 Å². The third kappa shape index (κ3) is 8.83. The van der Waals surface area contributed by atoms with Crippen molar-refractivity contribution in [2.24, 2.45) is 5.92 Å². The molecule has 0 bridgehead atoms. The zero-order chi connectivity index (χ0) is 24.1. The molecule has 0 aliphatic heterocycles. The molecule has 0 fully saturated rings. The Morgan fingerprint density at radius 1 is 1.06 bits per heavy atom. The summed E-state index contributed by atoms with van der Waals surface area (Å²) in [6.07, 6.45) is 2.89. The number of methoxy groups -OCH3 is 1. The number of benzene rings is 2. The summed E-state index contributed by atoms with van der Waals surface area (Å²) < 4.78 is 16.3. The summed E-state index contributed by atoms with van der Waals surface area (Å²) in [6, 6.07) is 14.0. The van der Waals surface area contributed by atoms with Gasteiger partial charge in [0.1, 0.15) is 24.2 Å². The Morgan fingerprint density at radius 3 is 2.33 bits per heavy atom. The number of nitrogens with one attached hydrogen (secondary N) is 2. The summed E-state index contributed by atoms with van der Waals surface area (Å²) in [5.74, 6) is 0.581. The molecule has 0 aliphatic rings. The van der Waals surface area contributed by atoms with Crippen molar-refractivity contribution in [1.29, 1.82) is 0 Å². The molecule has 2 atom stereocenters. The van der Waals surface area contributed by atoms with Crippen molar-refractivity contribution in [3.05, 3.63) is 66.2 Å². The van der Waals surface area contributed by atoms with Crippen LogP contribution in [0.15, 0.2) is 60.7 Å². The van der Waals surface area contributed by atoms with Crippen LogP contribution in [0, 0.1) is 5.92 Å². The van der Waals surface area contributed by atoms with Crippen LogP contribution in [0.5, 0.6) is 11.5 Å². The monoisotopic (exact) mass is 458 g/mol. The van der Waals surface area contributed by atoms with Crippen LogP contribution in [0.25, 0.3) is 0 Å². The van der Waals surface area contributed by atoms with Gasteiger partial charge < -0.3 is 19.3 Å². The molecule has 178 valence electrons. The number of allylic oxidation sites excluding steroid dienone is 1. The van der Waals surface area contributed by atoms with E-state index in [0.717, 1.165) is 5.56 Å². The summed E-state index contributed by atoms with van der Waals surface area (Å²) in [5, 5.41) is 20.2. The topological polar surface area (TPSA) is 126 Å². The van der Waals surface area contributed by atoms with Crippen LogP contribution >= 0.6 is 0 Å². The fraction of sp³-hybridized carbons (Fsp3) is 0.333. The van der Waals surface area contributed by atoms with Gasteiger partial charge in [-0.05, 0) is 60.7 Å². The highest BCUT2D eigenvalue weighted by molar-refractivity contribution is 5.86. The number of ether oxygens (including phenoxy) is 3. The maximum Gasteiger partial charge on any atom is 0.412 e. The van der Waals surface area contributed by atoms with Crippen molar-refractivity contribution in [3.63, 3.8) is 0 Å². The van der Waals surface area contributed by atoms with Crippen molar-refractivity contribution >= 4 is 17.7 Å². The van der Waals surface area contributed by atoms with Crippen LogP contribution in [0.1, 0.15) is 31.4 Å². The van der Waals surface area contributed by atoms with E-state index in [2.05, 4.69) is 5.32 Å². The molecule has 9 heteroatoms. The van der Waals surface area contributed by atoms with Crippen molar-refractivity contribution in [3.8, 4) is 11.5 Å². The molecular weight excluding hydrogens is 428 g/mol. The number of anilines is 1. The number of hydroxylamine groups is 1. The third-order valence-electron chi connectivity index (χ3n) is 4.82. The van der Waals surface area contributed by atoms with Gasteiger partial charge in [0.2, 0.25) is 0 Å². The first-order valence-corrected chi connectivity index (χ1v) is 10.5. The molecule has 4 N–H and O–H groups in total. The lowest BCUT2D eigenvalue weighted by Gasteiger charge is -2.25.